The Hall–Kier alpha value is -0.0800. The molecule has 2 unspecified atom stereocenters. The van der Waals surface area contributed by atoms with E-state index in [1.54, 1.807) is 0 Å². The van der Waals surface area contributed by atoms with E-state index in [2.05, 4.69) is 19.2 Å². The first-order valence-corrected chi connectivity index (χ1v) is 6.97. The lowest BCUT2D eigenvalue weighted by molar-refractivity contribution is 0.0530. The molecule has 0 fully saturated rings. The SMILES string of the molecule is CCCCCCCC(C)NCC(C)(O)CC. The number of unbranched alkanes of at least 4 members (excludes halogenated alkanes) is 4. The van der Waals surface area contributed by atoms with E-state index in [1.165, 1.54) is 38.5 Å². The molecule has 0 saturated heterocycles. The molecule has 0 aromatic heterocycles. The van der Waals surface area contributed by atoms with Crippen molar-refractivity contribution in [1.29, 1.82) is 0 Å². The summed E-state index contributed by atoms with van der Waals surface area (Å²) in [7, 11) is 0. The molecule has 0 rings (SSSR count). The third-order valence-corrected chi connectivity index (χ3v) is 3.33. The number of rotatable bonds is 10. The Bertz CT molecular complexity index is 157. The predicted molar refractivity (Wildman–Crippen MR) is 71.8 cm³/mol. The maximum absolute atomic E-state index is 9.85. The molecule has 0 spiro atoms. The van der Waals surface area contributed by atoms with Crippen LogP contribution in [0.3, 0.4) is 0 Å². The van der Waals surface area contributed by atoms with Crippen LogP contribution in [0, 0.1) is 0 Å². The van der Waals surface area contributed by atoms with Crippen molar-refractivity contribution in [3.8, 4) is 0 Å². The number of nitrogens with one attached hydrogen (secondary N) is 1. The summed E-state index contributed by atoms with van der Waals surface area (Å²) in [6.45, 7) is 9.09. The molecule has 0 aliphatic carbocycles. The zero-order valence-electron chi connectivity index (χ0n) is 11.7. The van der Waals surface area contributed by atoms with Crippen molar-refractivity contribution < 1.29 is 5.11 Å². The first kappa shape index (κ1) is 15.9. The van der Waals surface area contributed by atoms with Crippen LogP contribution in [0.1, 0.15) is 72.6 Å². The average molecular weight is 229 g/mol. The van der Waals surface area contributed by atoms with Crippen LogP contribution in [0.15, 0.2) is 0 Å². The maximum Gasteiger partial charge on any atom is 0.0741 e. The minimum atomic E-state index is -0.545. The summed E-state index contributed by atoms with van der Waals surface area (Å²) in [4.78, 5) is 0. The van der Waals surface area contributed by atoms with Crippen molar-refractivity contribution in [3.05, 3.63) is 0 Å². The van der Waals surface area contributed by atoms with Gasteiger partial charge in [-0.3, -0.25) is 0 Å². The van der Waals surface area contributed by atoms with E-state index >= 15 is 0 Å². The fourth-order valence-electron chi connectivity index (χ4n) is 1.68. The van der Waals surface area contributed by atoms with Crippen molar-refractivity contribution in [2.45, 2.75) is 84.3 Å². The van der Waals surface area contributed by atoms with Crippen LogP contribution >= 0.6 is 0 Å². The van der Waals surface area contributed by atoms with Gasteiger partial charge < -0.3 is 10.4 Å². The van der Waals surface area contributed by atoms with E-state index in [9.17, 15) is 5.11 Å². The van der Waals surface area contributed by atoms with E-state index in [0.29, 0.717) is 12.6 Å². The molecule has 0 aromatic rings. The summed E-state index contributed by atoms with van der Waals surface area (Å²) in [5.74, 6) is 0. The molecule has 2 atom stereocenters. The highest BCUT2D eigenvalue weighted by Gasteiger charge is 2.17. The van der Waals surface area contributed by atoms with Crippen molar-refractivity contribution in [1.82, 2.24) is 5.32 Å². The third-order valence-electron chi connectivity index (χ3n) is 3.33. The van der Waals surface area contributed by atoms with Crippen molar-refractivity contribution in [3.63, 3.8) is 0 Å². The van der Waals surface area contributed by atoms with Gasteiger partial charge in [0.2, 0.25) is 0 Å². The Morgan fingerprint density at radius 3 is 2.31 bits per heavy atom. The molecule has 0 heterocycles. The number of hydrogen-bond acceptors (Lipinski definition) is 2. The van der Waals surface area contributed by atoms with Crippen LogP contribution in [-0.2, 0) is 0 Å². The van der Waals surface area contributed by atoms with Gasteiger partial charge in [-0.25, -0.2) is 0 Å². The van der Waals surface area contributed by atoms with Gasteiger partial charge in [0.1, 0.15) is 0 Å². The molecule has 2 heteroatoms. The highest BCUT2D eigenvalue weighted by Crippen LogP contribution is 2.09. The van der Waals surface area contributed by atoms with Gasteiger partial charge in [-0.1, -0.05) is 46.0 Å². The standard InChI is InChI=1S/C14H31NO/c1-5-7-8-9-10-11-13(3)15-12-14(4,16)6-2/h13,15-16H,5-12H2,1-4H3. The summed E-state index contributed by atoms with van der Waals surface area (Å²) in [5, 5.41) is 13.3. The second-order valence-electron chi connectivity index (χ2n) is 5.34. The fraction of sp³-hybridized carbons (Fsp3) is 1.00. The largest absolute Gasteiger partial charge is 0.389 e. The van der Waals surface area contributed by atoms with Crippen LogP contribution in [0.4, 0.5) is 0 Å². The molecule has 0 saturated carbocycles. The zero-order chi connectivity index (χ0) is 12.4. The van der Waals surface area contributed by atoms with Gasteiger partial charge in [0.15, 0.2) is 0 Å². The monoisotopic (exact) mass is 229 g/mol. The van der Waals surface area contributed by atoms with Gasteiger partial charge in [-0.15, -0.1) is 0 Å². The lowest BCUT2D eigenvalue weighted by Gasteiger charge is -2.24. The molecule has 0 aliphatic heterocycles. The second kappa shape index (κ2) is 9.00. The van der Waals surface area contributed by atoms with Gasteiger partial charge in [0, 0.05) is 12.6 Å². The quantitative estimate of drug-likeness (QED) is 0.562. The molecule has 2 nitrogen and oxygen atoms in total. The molecule has 0 radical (unpaired) electrons. The first-order valence-electron chi connectivity index (χ1n) is 6.97. The lowest BCUT2D eigenvalue weighted by atomic mass is 10.0. The molecular formula is C14H31NO. The Morgan fingerprint density at radius 2 is 1.75 bits per heavy atom. The summed E-state index contributed by atoms with van der Waals surface area (Å²) in [6, 6.07) is 0.527. The van der Waals surface area contributed by atoms with Crippen molar-refractivity contribution >= 4 is 0 Å². The lowest BCUT2D eigenvalue weighted by Crippen LogP contribution is -2.41. The molecule has 0 amide bonds. The van der Waals surface area contributed by atoms with Gasteiger partial charge >= 0.3 is 0 Å². The molecular weight excluding hydrogens is 198 g/mol. The Kier molecular flexibility index (Phi) is 8.96. The Labute approximate surface area is 102 Å². The topological polar surface area (TPSA) is 32.3 Å². The maximum atomic E-state index is 9.85. The second-order valence-corrected chi connectivity index (χ2v) is 5.34. The third kappa shape index (κ3) is 9.17. The predicted octanol–water partition coefficient (Wildman–Crippen LogP) is 3.49. The van der Waals surface area contributed by atoms with E-state index in [4.69, 9.17) is 0 Å². The molecule has 2 N–H and O–H groups in total. The molecule has 0 aliphatic rings. The van der Waals surface area contributed by atoms with Gasteiger partial charge in [0.25, 0.3) is 0 Å². The molecule has 0 aromatic carbocycles. The molecule has 0 bridgehead atoms. The van der Waals surface area contributed by atoms with E-state index < -0.39 is 5.60 Å². The molecule has 98 valence electrons. The van der Waals surface area contributed by atoms with Crippen molar-refractivity contribution in [2.24, 2.45) is 0 Å². The minimum Gasteiger partial charge on any atom is -0.389 e. The van der Waals surface area contributed by atoms with Crippen LogP contribution in [0.2, 0.25) is 0 Å². The summed E-state index contributed by atoms with van der Waals surface area (Å²) in [5.41, 5.74) is -0.545. The zero-order valence-corrected chi connectivity index (χ0v) is 11.7. The Morgan fingerprint density at radius 1 is 1.12 bits per heavy atom. The summed E-state index contributed by atoms with van der Waals surface area (Å²) >= 11 is 0. The number of hydrogen-bond donors (Lipinski definition) is 2. The highest BCUT2D eigenvalue weighted by atomic mass is 16.3. The van der Waals surface area contributed by atoms with Gasteiger partial charge in [-0.2, -0.15) is 0 Å². The molecule has 16 heavy (non-hydrogen) atoms. The first-order chi connectivity index (χ1) is 7.52. The fourth-order valence-corrected chi connectivity index (χ4v) is 1.68. The van der Waals surface area contributed by atoms with Crippen LogP contribution < -0.4 is 5.32 Å². The average Bonchev–Trinajstić information content (AvgIpc) is 2.26. The van der Waals surface area contributed by atoms with Gasteiger partial charge in [-0.05, 0) is 26.7 Å². The van der Waals surface area contributed by atoms with E-state index in [0.717, 1.165) is 6.42 Å². The van der Waals surface area contributed by atoms with E-state index in [1.807, 2.05) is 13.8 Å². The van der Waals surface area contributed by atoms with E-state index in [-0.39, 0.29) is 0 Å². The van der Waals surface area contributed by atoms with Gasteiger partial charge in [0.05, 0.1) is 5.60 Å². The Balaban J connectivity index is 3.41. The number of aliphatic hydroxyl groups is 1. The minimum absolute atomic E-state index is 0.527. The highest BCUT2D eigenvalue weighted by molar-refractivity contribution is 4.75. The van der Waals surface area contributed by atoms with Crippen molar-refractivity contribution in [2.75, 3.05) is 6.54 Å². The van der Waals surface area contributed by atoms with Crippen LogP contribution in [0.25, 0.3) is 0 Å². The summed E-state index contributed by atoms with van der Waals surface area (Å²) < 4.78 is 0. The van der Waals surface area contributed by atoms with Crippen LogP contribution in [0.5, 0.6) is 0 Å². The summed E-state index contributed by atoms with van der Waals surface area (Å²) in [6.07, 6.45) is 8.74. The van der Waals surface area contributed by atoms with Crippen LogP contribution in [-0.4, -0.2) is 23.3 Å². The normalized spacial score (nSPS) is 17.1. The smallest absolute Gasteiger partial charge is 0.0741 e.